The van der Waals surface area contributed by atoms with Crippen molar-refractivity contribution in [1.82, 2.24) is 19.9 Å². The Morgan fingerprint density at radius 1 is 1.34 bits per heavy atom. The van der Waals surface area contributed by atoms with Crippen molar-refractivity contribution in [1.29, 1.82) is 0 Å². The fourth-order valence-corrected chi connectivity index (χ4v) is 3.77. The van der Waals surface area contributed by atoms with Gasteiger partial charge < -0.3 is 20.1 Å². The fraction of sp³-hybridized carbons (Fsp3) is 0.238. The number of ether oxygens (including phenoxy) is 1. The monoisotopic (exact) mass is 475 g/mol. The van der Waals surface area contributed by atoms with Crippen LogP contribution in [0.15, 0.2) is 40.6 Å². The lowest BCUT2D eigenvalue weighted by Gasteiger charge is -2.08. The van der Waals surface area contributed by atoms with Gasteiger partial charge in [-0.05, 0) is 24.6 Å². The molecular weight excluding hydrogens is 457 g/mol. The van der Waals surface area contributed by atoms with Gasteiger partial charge in [-0.3, -0.25) is 9.78 Å². The van der Waals surface area contributed by atoms with E-state index < -0.39 is 11.9 Å². The molecule has 1 aromatic carbocycles. The number of aromatic nitrogens is 4. The van der Waals surface area contributed by atoms with Gasteiger partial charge in [0.25, 0.3) is 5.56 Å². The normalized spacial score (nSPS) is 12.1. The standard InChI is InChI=1S/C21H19ClFN5O3S/c1-2-11(29)8-25-21-26-16(10-32-21)19-18-13(5-6-24-19)20(30)28-17(27-18)9-31-12-3-4-15(23)14(22)7-12/h3-7,10-11,29H,2,8-9H2,1H3,(H,25,26)(H,27,28,30). The first-order chi connectivity index (χ1) is 15.4. The number of pyridine rings is 1. The lowest BCUT2D eigenvalue weighted by Crippen LogP contribution is -2.18. The molecule has 11 heteroatoms. The van der Waals surface area contributed by atoms with Crippen molar-refractivity contribution < 1.29 is 14.2 Å². The zero-order chi connectivity index (χ0) is 22.7. The number of nitrogens with zero attached hydrogens (tertiary/aromatic N) is 3. The van der Waals surface area contributed by atoms with Crippen LogP contribution in [0.4, 0.5) is 9.52 Å². The molecule has 4 rings (SSSR count). The maximum atomic E-state index is 13.3. The summed E-state index contributed by atoms with van der Waals surface area (Å²) in [6, 6.07) is 5.57. The summed E-state index contributed by atoms with van der Waals surface area (Å²) in [5.74, 6) is 0.0696. The van der Waals surface area contributed by atoms with Crippen LogP contribution in [0.5, 0.6) is 5.75 Å². The number of H-pyrrole nitrogens is 1. The van der Waals surface area contributed by atoms with Gasteiger partial charge in [0.15, 0.2) is 5.13 Å². The molecule has 0 radical (unpaired) electrons. The molecule has 0 saturated heterocycles. The van der Waals surface area contributed by atoms with Gasteiger partial charge in [0.05, 0.1) is 16.5 Å². The van der Waals surface area contributed by atoms with E-state index in [4.69, 9.17) is 16.3 Å². The number of fused-ring (bicyclic) bond motifs is 1. The second-order valence-corrected chi connectivity index (χ2v) is 8.18. The van der Waals surface area contributed by atoms with E-state index in [0.717, 1.165) is 0 Å². The van der Waals surface area contributed by atoms with E-state index >= 15 is 0 Å². The molecule has 1 unspecified atom stereocenters. The van der Waals surface area contributed by atoms with E-state index in [0.29, 0.717) is 46.1 Å². The fourth-order valence-electron chi connectivity index (χ4n) is 2.90. The third-order valence-corrected chi connectivity index (χ3v) is 5.74. The zero-order valence-electron chi connectivity index (χ0n) is 16.9. The Labute approximate surface area is 191 Å². The van der Waals surface area contributed by atoms with Crippen molar-refractivity contribution in [2.75, 3.05) is 11.9 Å². The number of anilines is 1. The number of aliphatic hydroxyl groups excluding tert-OH is 1. The van der Waals surface area contributed by atoms with E-state index in [1.807, 2.05) is 12.3 Å². The Kier molecular flexibility index (Phi) is 6.63. The van der Waals surface area contributed by atoms with Gasteiger partial charge in [0.1, 0.15) is 40.9 Å². The van der Waals surface area contributed by atoms with Crippen LogP contribution >= 0.6 is 22.9 Å². The highest BCUT2D eigenvalue weighted by Gasteiger charge is 2.15. The van der Waals surface area contributed by atoms with E-state index in [2.05, 4.69) is 25.3 Å². The van der Waals surface area contributed by atoms with Crippen LogP contribution in [0.3, 0.4) is 0 Å². The maximum Gasteiger partial charge on any atom is 0.258 e. The van der Waals surface area contributed by atoms with Crippen LogP contribution in [0, 0.1) is 5.82 Å². The van der Waals surface area contributed by atoms with Gasteiger partial charge in [-0.1, -0.05) is 18.5 Å². The molecule has 0 bridgehead atoms. The maximum absolute atomic E-state index is 13.3. The molecule has 8 nitrogen and oxygen atoms in total. The highest BCUT2D eigenvalue weighted by molar-refractivity contribution is 7.14. The molecule has 0 fully saturated rings. The minimum absolute atomic E-state index is 0.0553. The van der Waals surface area contributed by atoms with Gasteiger partial charge in [0, 0.05) is 24.2 Å². The summed E-state index contributed by atoms with van der Waals surface area (Å²) in [6.07, 6.45) is 1.70. The van der Waals surface area contributed by atoms with Crippen molar-refractivity contribution >= 4 is 39.0 Å². The molecule has 4 aromatic rings. The number of aliphatic hydroxyl groups is 1. The highest BCUT2D eigenvalue weighted by atomic mass is 35.5. The SMILES string of the molecule is CCC(O)CNc1nc(-c2nccc3c(=O)[nH]c(COc4ccc(F)c(Cl)c4)nc23)cs1. The summed E-state index contributed by atoms with van der Waals surface area (Å²) in [5, 5.41) is 15.6. The predicted octanol–water partition coefficient (Wildman–Crippen LogP) is 4.00. The number of hydrogen-bond acceptors (Lipinski definition) is 8. The molecule has 3 aromatic heterocycles. The van der Waals surface area contributed by atoms with Gasteiger partial charge >= 0.3 is 0 Å². The Hall–Kier alpha value is -3.08. The van der Waals surface area contributed by atoms with Crippen molar-refractivity contribution in [3.05, 3.63) is 62.9 Å². The van der Waals surface area contributed by atoms with E-state index in [9.17, 15) is 14.3 Å². The molecule has 0 saturated carbocycles. The lowest BCUT2D eigenvalue weighted by atomic mass is 10.2. The van der Waals surface area contributed by atoms with Crippen LogP contribution < -0.4 is 15.6 Å². The lowest BCUT2D eigenvalue weighted by molar-refractivity contribution is 0.183. The van der Waals surface area contributed by atoms with Crippen molar-refractivity contribution in [2.24, 2.45) is 0 Å². The number of halogens is 2. The number of nitrogens with one attached hydrogen (secondary N) is 2. The number of thiazole rings is 1. The van der Waals surface area contributed by atoms with Gasteiger partial charge in [0.2, 0.25) is 0 Å². The first kappa shape index (κ1) is 22.1. The number of benzene rings is 1. The average Bonchev–Trinajstić information content (AvgIpc) is 3.27. The van der Waals surface area contributed by atoms with Gasteiger partial charge in [-0.15, -0.1) is 11.3 Å². The van der Waals surface area contributed by atoms with E-state index in [1.165, 1.54) is 35.7 Å². The molecule has 0 amide bonds. The van der Waals surface area contributed by atoms with Gasteiger partial charge in [-0.25, -0.2) is 14.4 Å². The molecule has 0 aliphatic carbocycles. The third kappa shape index (κ3) is 4.87. The van der Waals surface area contributed by atoms with Crippen LogP contribution in [-0.4, -0.2) is 37.7 Å². The Morgan fingerprint density at radius 3 is 2.97 bits per heavy atom. The van der Waals surface area contributed by atoms with Crippen molar-refractivity contribution in [2.45, 2.75) is 26.1 Å². The zero-order valence-corrected chi connectivity index (χ0v) is 18.5. The first-order valence-electron chi connectivity index (χ1n) is 9.78. The van der Waals surface area contributed by atoms with Crippen LogP contribution in [0.2, 0.25) is 5.02 Å². The molecule has 3 N–H and O–H groups in total. The summed E-state index contributed by atoms with van der Waals surface area (Å²) in [5.41, 5.74) is 1.07. The predicted molar refractivity (Wildman–Crippen MR) is 122 cm³/mol. The van der Waals surface area contributed by atoms with Gasteiger partial charge in [-0.2, -0.15) is 0 Å². The largest absolute Gasteiger partial charge is 0.486 e. The quantitative estimate of drug-likeness (QED) is 0.353. The summed E-state index contributed by atoms with van der Waals surface area (Å²) < 4.78 is 18.9. The smallest absolute Gasteiger partial charge is 0.258 e. The van der Waals surface area contributed by atoms with Crippen LogP contribution in [-0.2, 0) is 6.61 Å². The summed E-state index contributed by atoms with van der Waals surface area (Å²) in [6.45, 7) is 2.23. The molecule has 0 spiro atoms. The number of rotatable bonds is 8. The Morgan fingerprint density at radius 2 is 2.19 bits per heavy atom. The second-order valence-electron chi connectivity index (χ2n) is 6.91. The van der Waals surface area contributed by atoms with Crippen LogP contribution in [0.25, 0.3) is 22.3 Å². The number of hydrogen-bond donors (Lipinski definition) is 3. The average molecular weight is 476 g/mol. The molecule has 1 atom stereocenters. The molecule has 3 heterocycles. The molecule has 166 valence electrons. The summed E-state index contributed by atoms with van der Waals surface area (Å²) in [4.78, 5) is 28.7. The minimum atomic E-state index is -0.548. The third-order valence-electron chi connectivity index (χ3n) is 4.65. The van der Waals surface area contributed by atoms with E-state index in [1.54, 1.807) is 6.07 Å². The van der Waals surface area contributed by atoms with Crippen molar-refractivity contribution in [3.8, 4) is 17.1 Å². The minimum Gasteiger partial charge on any atom is -0.486 e. The Bertz CT molecular complexity index is 1310. The van der Waals surface area contributed by atoms with E-state index in [-0.39, 0.29) is 23.0 Å². The van der Waals surface area contributed by atoms with Crippen LogP contribution in [0.1, 0.15) is 19.2 Å². The summed E-state index contributed by atoms with van der Waals surface area (Å²) in [7, 11) is 0. The second kappa shape index (κ2) is 9.60. The van der Waals surface area contributed by atoms with Crippen molar-refractivity contribution in [3.63, 3.8) is 0 Å². The number of aromatic amines is 1. The molecule has 0 aliphatic rings. The first-order valence-corrected chi connectivity index (χ1v) is 11.0. The topological polar surface area (TPSA) is 113 Å². The molecular formula is C21H19ClFN5O3S. The Balaban J connectivity index is 1.61. The molecule has 32 heavy (non-hydrogen) atoms. The highest BCUT2D eigenvalue weighted by Crippen LogP contribution is 2.27. The molecule has 0 aliphatic heterocycles. The summed E-state index contributed by atoms with van der Waals surface area (Å²) >= 11 is 7.14.